The smallest absolute Gasteiger partial charge is 0.336 e. The molecule has 3 aromatic rings. The first kappa shape index (κ1) is 17.3. The molecule has 0 amide bonds. The van der Waals surface area contributed by atoms with Crippen LogP contribution in [0.1, 0.15) is 35.2 Å². The lowest BCUT2D eigenvalue weighted by Crippen LogP contribution is -2.20. The number of rotatable bonds is 4. The minimum Gasteiger partial charge on any atom is -0.422 e. The van der Waals surface area contributed by atoms with Gasteiger partial charge in [0, 0.05) is 35.7 Å². The molecule has 0 spiro atoms. The summed E-state index contributed by atoms with van der Waals surface area (Å²) >= 11 is 0. The van der Waals surface area contributed by atoms with Gasteiger partial charge in [-0.3, -0.25) is 0 Å². The lowest BCUT2D eigenvalue weighted by atomic mass is 10.0. The molecule has 0 bridgehead atoms. The number of hydrogen-bond acceptors (Lipinski definition) is 3. The molecule has 1 aromatic heterocycles. The van der Waals surface area contributed by atoms with Gasteiger partial charge in [0.2, 0.25) is 0 Å². The Kier molecular flexibility index (Phi) is 4.68. The van der Waals surface area contributed by atoms with Crippen molar-refractivity contribution >= 4 is 11.0 Å². The molecule has 1 heterocycles. The van der Waals surface area contributed by atoms with Gasteiger partial charge in [-0.2, -0.15) is 0 Å². The summed E-state index contributed by atoms with van der Waals surface area (Å²) < 4.78 is 32.3. The molecule has 0 unspecified atom stereocenters. The first-order chi connectivity index (χ1) is 11.9. The summed E-state index contributed by atoms with van der Waals surface area (Å²) in [5.41, 5.74) is 3.28. The molecule has 2 aromatic carbocycles. The Balaban J connectivity index is 1.90. The second kappa shape index (κ2) is 6.76. The van der Waals surface area contributed by atoms with E-state index in [9.17, 15) is 13.6 Å². The molecule has 0 saturated carbocycles. The Bertz CT molecular complexity index is 995. The number of fused-ring (bicyclic) bond motifs is 1. The number of benzene rings is 2. The van der Waals surface area contributed by atoms with Crippen LogP contribution in [0.15, 0.2) is 45.6 Å². The van der Waals surface area contributed by atoms with Gasteiger partial charge in [-0.15, -0.1) is 0 Å². The van der Waals surface area contributed by atoms with Crippen LogP contribution in [0, 0.1) is 25.5 Å². The molecule has 25 heavy (non-hydrogen) atoms. The van der Waals surface area contributed by atoms with Crippen molar-refractivity contribution in [3.05, 3.63) is 80.7 Å². The zero-order valence-corrected chi connectivity index (χ0v) is 14.3. The summed E-state index contributed by atoms with van der Waals surface area (Å²) in [5.74, 6) is -1.20. The van der Waals surface area contributed by atoms with Gasteiger partial charge in [0.1, 0.15) is 17.2 Å². The fourth-order valence-electron chi connectivity index (χ4n) is 2.90. The molecule has 0 saturated heterocycles. The molecule has 5 heteroatoms. The summed E-state index contributed by atoms with van der Waals surface area (Å²) in [7, 11) is 0. The lowest BCUT2D eigenvalue weighted by Gasteiger charge is -2.16. The molecule has 0 aliphatic heterocycles. The normalized spacial score (nSPS) is 12.5. The van der Waals surface area contributed by atoms with Crippen LogP contribution in [0.3, 0.4) is 0 Å². The molecule has 0 fully saturated rings. The maximum atomic E-state index is 13.9. The molecular weight excluding hydrogens is 324 g/mol. The Hall–Kier alpha value is -2.53. The van der Waals surface area contributed by atoms with Crippen molar-refractivity contribution in [1.82, 2.24) is 5.32 Å². The van der Waals surface area contributed by atoms with Crippen LogP contribution in [-0.4, -0.2) is 0 Å². The van der Waals surface area contributed by atoms with E-state index in [1.165, 1.54) is 18.2 Å². The summed E-state index contributed by atoms with van der Waals surface area (Å²) in [6.45, 7) is 6.02. The summed E-state index contributed by atoms with van der Waals surface area (Å²) in [4.78, 5) is 11.9. The van der Waals surface area contributed by atoms with E-state index in [1.54, 1.807) is 6.92 Å². The van der Waals surface area contributed by atoms with E-state index in [0.29, 0.717) is 17.7 Å². The van der Waals surface area contributed by atoms with Gasteiger partial charge < -0.3 is 9.73 Å². The van der Waals surface area contributed by atoms with E-state index in [1.807, 2.05) is 26.0 Å². The van der Waals surface area contributed by atoms with Crippen molar-refractivity contribution in [2.24, 2.45) is 0 Å². The number of nitrogens with one attached hydrogen (secondary N) is 1. The van der Waals surface area contributed by atoms with E-state index >= 15 is 0 Å². The third-order valence-electron chi connectivity index (χ3n) is 4.55. The third-order valence-corrected chi connectivity index (χ3v) is 4.55. The molecule has 130 valence electrons. The topological polar surface area (TPSA) is 42.2 Å². The number of halogens is 2. The van der Waals surface area contributed by atoms with Crippen molar-refractivity contribution < 1.29 is 13.2 Å². The van der Waals surface area contributed by atoms with Gasteiger partial charge in [-0.1, -0.05) is 18.2 Å². The zero-order chi connectivity index (χ0) is 18.1. The molecule has 3 rings (SSSR count). The highest BCUT2D eigenvalue weighted by atomic mass is 19.1. The Morgan fingerprint density at radius 3 is 2.60 bits per heavy atom. The van der Waals surface area contributed by atoms with E-state index < -0.39 is 17.3 Å². The first-order valence-electron chi connectivity index (χ1n) is 8.08. The quantitative estimate of drug-likeness (QED) is 0.707. The van der Waals surface area contributed by atoms with Crippen LogP contribution in [0.4, 0.5) is 8.78 Å². The maximum Gasteiger partial charge on any atom is 0.336 e. The van der Waals surface area contributed by atoms with E-state index in [0.717, 1.165) is 28.1 Å². The van der Waals surface area contributed by atoms with Gasteiger partial charge in [0.25, 0.3) is 0 Å². The number of hydrogen-bond donors (Lipinski definition) is 1. The largest absolute Gasteiger partial charge is 0.422 e. The average Bonchev–Trinajstić information content (AvgIpc) is 2.56. The maximum absolute atomic E-state index is 13.9. The van der Waals surface area contributed by atoms with Crippen LogP contribution in [0.5, 0.6) is 0 Å². The lowest BCUT2D eigenvalue weighted by molar-refractivity contribution is 0.514. The predicted molar refractivity (Wildman–Crippen MR) is 93.6 cm³/mol. The molecule has 1 atom stereocenters. The van der Waals surface area contributed by atoms with Crippen LogP contribution < -0.4 is 10.9 Å². The van der Waals surface area contributed by atoms with E-state index in [-0.39, 0.29) is 6.04 Å². The van der Waals surface area contributed by atoms with Crippen LogP contribution in [0.2, 0.25) is 0 Å². The second-order valence-electron chi connectivity index (χ2n) is 6.24. The second-order valence-corrected chi connectivity index (χ2v) is 6.24. The minimum atomic E-state index is -0.606. The van der Waals surface area contributed by atoms with Crippen molar-refractivity contribution in [3.8, 4) is 0 Å². The first-order valence-corrected chi connectivity index (χ1v) is 8.08. The van der Waals surface area contributed by atoms with Gasteiger partial charge in [-0.05, 0) is 43.5 Å². The van der Waals surface area contributed by atoms with Crippen LogP contribution in [-0.2, 0) is 6.54 Å². The van der Waals surface area contributed by atoms with Crippen molar-refractivity contribution in [2.75, 3.05) is 0 Å². The molecule has 0 aliphatic carbocycles. The molecule has 3 nitrogen and oxygen atoms in total. The fourth-order valence-corrected chi connectivity index (χ4v) is 2.90. The van der Waals surface area contributed by atoms with Crippen LogP contribution >= 0.6 is 0 Å². The average molecular weight is 343 g/mol. The van der Waals surface area contributed by atoms with Crippen molar-refractivity contribution in [1.29, 1.82) is 0 Å². The Morgan fingerprint density at radius 1 is 1.12 bits per heavy atom. The Labute approximate surface area is 144 Å². The molecule has 1 N–H and O–H groups in total. The predicted octanol–water partition coefficient (Wildman–Crippen LogP) is 4.54. The SMILES string of the molecule is Cc1ccc2c(CN[C@H](C)c3ccc(F)cc3F)cc(=O)oc2c1C. The van der Waals surface area contributed by atoms with Gasteiger partial charge in [0.15, 0.2) is 0 Å². The number of aryl methyl sites for hydroxylation is 2. The molecular formula is C20H19F2NO2. The van der Waals surface area contributed by atoms with Crippen LogP contribution in [0.25, 0.3) is 11.0 Å². The minimum absolute atomic E-state index is 0.338. The van der Waals surface area contributed by atoms with E-state index in [4.69, 9.17) is 4.42 Å². The summed E-state index contributed by atoms with van der Waals surface area (Å²) in [6.07, 6.45) is 0. The highest BCUT2D eigenvalue weighted by molar-refractivity contribution is 5.83. The highest BCUT2D eigenvalue weighted by Gasteiger charge is 2.14. The van der Waals surface area contributed by atoms with Gasteiger partial charge >= 0.3 is 5.63 Å². The zero-order valence-electron chi connectivity index (χ0n) is 14.3. The van der Waals surface area contributed by atoms with Crippen molar-refractivity contribution in [3.63, 3.8) is 0 Å². The van der Waals surface area contributed by atoms with E-state index in [2.05, 4.69) is 5.32 Å². The summed E-state index contributed by atoms with van der Waals surface area (Å²) in [5, 5.41) is 4.03. The Morgan fingerprint density at radius 2 is 1.88 bits per heavy atom. The van der Waals surface area contributed by atoms with Gasteiger partial charge in [0.05, 0.1) is 0 Å². The third kappa shape index (κ3) is 3.46. The highest BCUT2D eigenvalue weighted by Crippen LogP contribution is 2.24. The monoisotopic (exact) mass is 343 g/mol. The standard InChI is InChI=1S/C20H19F2NO2/c1-11-4-6-17-14(8-19(24)25-20(17)12(11)2)10-23-13(3)16-7-5-15(21)9-18(16)22/h4-9,13,23H,10H2,1-3H3/t13-/m1/s1. The summed E-state index contributed by atoms with van der Waals surface area (Å²) in [6, 6.07) is 8.52. The fraction of sp³-hybridized carbons (Fsp3) is 0.250. The van der Waals surface area contributed by atoms with Gasteiger partial charge in [-0.25, -0.2) is 13.6 Å². The molecule has 0 radical (unpaired) electrons. The van der Waals surface area contributed by atoms with Crippen molar-refractivity contribution in [2.45, 2.75) is 33.4 Å². The molecule has 0 aliphatic rings.